The van der Waals surface area contributed by atoms with Crippen LogP contribution in [0.3, 0.4) is 0 Å². The molecule has 0 aliphatic carbocycles. The summed E-state index contributed by atoms with van der Waals surface area (Å²) in [5.41, 5.74) is 14.7. The Hall–Kier alpha value is -4.88. The summed E-state index contributed by atoms with van der Waals surface area (Å²) >= 11 is 0. The van der Waals surface area contributed by atoms with Crippen molar-refractivity contribution in [1.82, 2.24) is 0 Å². The number of allylic oxidation sites excluding steroid dienone is 6. The molecule has 0 radical (unpaired) electrons. The van der Waals surface area contributed by atoms with Gasteiger partial charge in [0.05, 0.1) is 5.69 Å². The van der Waals surface area contributed by atoms with Gasteiger partial charge in [0.15, 0.2) is 0 Å². The lowest BCUT2D eigenvalue weighted by Crippen LogP contribution is -2.34. The third-order valence-corrected chi connectivity index (χ3v) is 10.2. The van der Waals surface area contributed by atoms with E-state index in [0.29, 0.717) is 0 Å². The maximum Gasteiger partial charge on any atom is 0.0537 e. The fraction of sp³-hybridized carbons (Fsp3) is 0.234. The molecule has 6 rings (SSSR count). The average Bonchev–Trinajstić information content (AvgIpc) is 3.07. The number of para-hydroxylation sites is 1. The topological polar surface area (TPSA) is 3.24 Å². The van der Waals surface area contributed by atoms with Crippen molar-refractivity contribution in [3.8, 4) is 11.1 Å². The molecule has 1 aliphatic rings. The van der Waals surface area contributed by atoms with Crippen molar-refractivity contribution < 1.29 is 0 Å². The molecule has 1 nitrogen and oxygen atoms in total. The molecule has 242 valence electrons. The number of rotatable bonds is 8. The minimum absolute atomic E-state index is 0.204. The first-order chi connectivity index (χ1) is 23.0. The van der Waals surface area contributed by atoms with E-state index in [1.54, 1.807) is 0 Å². The van der Waals surface area contributed by atoms with Crippen LogP contribution < -0.4 is 4.90 Å². The summed E-state index contributed by atoms with van der Waals surface area (Å²) in [4.78, 5) is 2.42. The zero-order valence-electron chi connectivity index (χ0n) is 30.0. The number of hydrogen-bond donors (Lipinski definition) is 0. The molecule has 0 bridgehead atoms. The highest BCUT2D eigenvalue weighted by Crippen LogP contribution is 2.55. The normalized spacial score (nSPS) is 14.5. The Morgan fingerprint density at radius 3 is 2.31 bits per heavy atom. The first-order valence-corrected chi connectivity index (χ1v) is 17.3. The summed E-state index contributed by atoms with van der Waals surface area (Å²) < 4.78 is 0. The number of nitrogens with zero attached hydrogens (tertiary/aromatic N) is 1. The molecule has 0 atom stereocenters. The van der Waals surface area contributed by atoms with Crippen molar-refractivity contribution in [3.05, 3.63) is 167 Å². The third-order valence-electron chi connectivity index (χ3n) is 10.2. The van der Waals surface area contributed by atoms with Crippen molar-refractivity contribution in [2.75, 3.05) is 4.90 Å². The first kappa shape index (κ1) is 33.0. The maximum absolute atomic E-state index is 4.54. The molecular formula is C47H49N. The number of benzene rings is 5. The van der Waals surface area contributed by atoms with Crippen LogP contribution in [0, 0.1) is 6.92 Å². The molecular weight excluding hydrogens is 579 g/mol. The van der Waals surface area contributed by atoms with Gasteiger partial charge < -0.3 is 4.90 Å². The summed E-state index contributed by atoms with van der Waals surface area (Å²) in [6.45, 7) is 22.6. The minimum atomic E-state index is -0.208. The summed E-state index contributed by atoms with van der Waals surface area (Å²) in [6, 6.07) is 36.0. The molecule has 0 spiro atoms. The van der Waals surface area contributed by atoms with Gasteiger partial charge in [-0.05, 0) is 125 Å². The van der Waals surface area contributed by atoms with Gasteiger partial charge in [0.1, 0.15) is 0 Å². The largest absolute Gasteiger partial charge is 0.314 e. The lowest BCUT2D eigenvalue weighted by atomic mass is 9.68. The van der Waals surface area contributed by atoms with Crippen molar-refractivity contribution in [1.29, 1.82) is 0 Å². The standard InChI is InChI=1S/C47H49N/c1-10-17-34(37-26-25-33(5)36(29-37)18-11-2)27-28-46(6,7)42-30-38(40-22-16-20-35-19-12-13-21-39(35)40)31-43-45(42)48(32(3)4)44-24-15-14-23-41(44)47(43,8)9/h10-27,29-31H,3,28H2,1-2,4-9H3/b17-10-,18-11-,34-27+. The van der Waals surface area contributed by atoms with E-state index in [0.717, 1.165) is 12.1 Å². The quantitative estimate of drug-likeness (QED) is 0.155. The number of aryl methyl sites for hydroxylation is 1. The summed E-state index contributed by atoms with van der Waals surface area (Å²) in [5.74, 6) is 0. The Labute approximate surface area is 288 Å². The average molecular weight is 628 g/mol. The predicted molar refractivity (Wildman–Crippen MR) is 211 cm³/mol. The van der Waals surface area contributed by atoms with Gasteiger partial charge in [0.2, 0.25) is 0 Å². The van der Waals surface area contributed by atoms with E-state index < -0.39 is 0 Å². The molecule has 1 aliphatic heterocycles. The van der Waals surface area contributed by atoms with E-state index in [1.165, 1.54) is 72.2 Å². The summed E-state index contributed by atoms with van der Waals surface area (Å²) in [7, 11) is 0. The molecule has 0 unspecified atom stereocenters. The van der Waals surface area contributed by atoms with Gasteiger partial charge in [0.25, 0.3) is 0 Å². The number of anilines is 2. The van der Waals surface area contributed by atoms with E-state index in [2.05, 4.69) is 194 Å². The molecule has 0 aromatic heterocycles. The minimum Gasteiger partial charge on any atom is -0.314 e. The van der Waals surface area contributed by atoms with Gasteiger partial charge in [-0.25, -0.2) is 0 Å². The molecule has 1 heterocycles. The predicted octanol–water partition coefficient (Wildman–Crippen LogP) is 13.5. The maximum atomic E-state index is 4.54. The Bertz CT molecular complexity index is 2110. The Balaban J connectivity index is 1.60. The fourth-order valence-corrected chi connectivity index (χ4v) is 7.48. The van der Waals surface area contributed by atoms with E-state index >= 15 is 0 Å². The second-order valence-electron chi connectivity index (χ2n) is 14.5. The van der Waals surface area contributed by atoms with Gasteiger partial charge in [0, 0.05) is 16.8 Å². The molecule has 0 saturated heterocycles. The van der Waals surface area contributed by atoms with Gasteiger partial charge in [-0.15, -0.1) is 0 Å². The Kier molecular flexibility index (Phi) is 8.92. The molecule has 5 aromatic rings. The van der Waals surface area contributed by atoms with Crippen LogP contribution in [0.5, 0.6) is 0 Å². The van der Waals surface area contributed by atoms with Gasteiger partial charge in [-0.1, -0.05) is 137 Å². The molecule has 0 N–H and O–H groups in total. The van der Waals surface area contributed by atoms with E-state index in [4.69, 9.17) is 0 Å². The van der Waals surface area contributed by atoms with E-state index in [1.807, 2.05) is 0 Å². The summed E-state index contributed by atoms with van der Waals surface area (Å²) in [6.07, 6.45) is 12.0. The fourth-order valence-electron chi connectivity index (χ4n) is 7.48. The molecule has 0 saturated carbocycles. The highest BCUT2D eigenvalue weighted by Gasteiger charge is 2.40. The van der Waals surface area contributed by atoms with Crippen molar-refractivity contribution in [2.24, 2.45) is 0 Å². The van der Waals surface area contributed by atoms with Gasteiger partial charge >= 0.3 is 0 Å². The molecule has 0 fully saturated rings. The van der Waals surface area contributed by atoms with Crippen LogP contribution in [-0.4, -0.2) is 0 Å². The highest BCUT2D eigenvalue weighted by atomic mass is 15.2. The first-order valence-electron chi connectivity index (χ1n) is 17.3. The monoisotopic (exact) mass is 627 g/mol. The van der Waals surface area contributed by atoms with Crippen LogP contribution in [0.15, 0.2) is 134 Å². The SMILES string of the molecule is C=C(C)N1c2ccccc2C(C)(C)c2cc(-c3cccc4ccccc34)cc(C(C)(C)C/C=C(\C=C/C)c3ccc(C)c(/C=C\C)c3)c21. The van der Waals surface area contributed by atoms with Crippen molar-refractivity contribution in [3.63, 3.8) is 0 Å². The molecule has 0 amide bonds. The Morgan fingerprint density at radius 2 is 1.56 bits per heavy atom. The zero-order valence-corrected chi connectivity index (χ0v) is 30.0. The van der Waals surface area contributed by atoms with Crippen molar-refractivity contribution in [2.45, 2.75) is 72.6 Å². The van der Waals surface area contributed by atoms with E-state index in [9.17, 15) is 0 Å². The van der Waals surface area contributed by atoms with Crippen LogP contribution in [0.1, 0.15) is 88.3 Å². The van der Waals surface area contributed by atoms with Crippen molar-refractivity contribution >= 4 is 33.8 Å². The zero-order chi connectivity index (χ0) is 34.2. The summed E-state index contributed by atoms with van der Waals surface area (Å²) in [5, 5.41) is 2.54. The third kappa shape index (κ3) is 5.88. The lowest BCUT2D eigenvalue weighted by molar-refractivity contribution is 0.530. The van der Waals surface area contributed by atoms with Crippen LogP contribution in [-0.2, 0) is 10.8 Å². The number of hydrogen-bond acceptors (Lipinski definition) is 1. The second-order valence-corrected chi connectivity index (χ2v) is 14.5. The molecule has 1 heteroatoms. The smallest absolute Gasteiger partial charge is 0.0537 e. The van der Waals surface area contributed by atoms with Crippen LogP contribution in [0.2, 0.25) is 0 Å². The van der Waals surface area contributed by atoms with Gasteiger partial charge in [-0.3, -0.25) is 0 Å². The number of fused-ring (bicyclic) bond motifs is 3. The molecule has 48 heavy (non-hydrogen) atoms. The highest BCUT2D eigenvalue weighted by molar-refractivity contribution is 5.98. The van der Waals surface area contributed by atoms with E-state index in [-0.39, 0.29) is 10.8 Å². The second kappa shape index (κ2) is 13.0. The lowest BCUT2D eigenvalue weighted by Gasteiger charge is -2.45. The molecule has 5 aromatic carbocycles. The van der Waals surface area contributed by atoms with Gasteiger partial charge in [-0.2, -0.15) is 0 Å². The van der Waals surface area contributed by atoms with Crippen LogP contribution in [0.25, 0.3) is 33.5 Å². The van der Waals surface area contributed by atoms with Crippen LogP contribution >= 0.6 is 0 Å². The van der Waals surface area contributed by atoms with Crippen LogP contribution in [0.4, 0.5) is 11.4 Å². The Morgan fingerprint density at radius 1 is 0.833 bits per heavy atom.